The Morgan fingerprint density at radius 3 is 1.93 bits per heavy atom. The molecular weight excluding hydrogens is 350 g/mol. The second-order valence-electron chi connectivity index (χ2n) is 7.69. The molecule has 1 heteroatoms. The number of rotatable bonds is 4. The Labute approximate surface area is 172 Å². The van der Waals surface area contributed by atoms with Crippen LogP contribution in [0.25, 0.3) is 0 Å². The highest BCUT2D eigenvalue weighted by molar-refractivity contribution is 6.14. The molecule has 1 unspecified atom stereocenters. The van der Waals surface area contributed by atoms with E-state index >= 15 is 0 Å². The summed E-state index contributed by atoms with van der Waals surface area (Å²) in [5.74, 6) is 0. The Morgan fingerprint density at radius 1 is 0.621 bits per heavy atom. The van der Waals surface area contributed by atoms with Crippen molar-refractivity contribution in [2.24, 2.45) is 4.99 Å². The quantitative estimate of drug-likeness (QED) is 0.412. The molecule has 1 aliphatic rings. The Morgan fingerprint density at radius 2 is 1.21 bits per heavy atom. The van der Waals surface area contributed by atoms with Crippen LogP contribution in [0.3, 0.4) is 0 Å². The van der Waals surface area contributed by atoms with Crippen molar-refractivity contribution in [2.75, 3.05) is 6.54 Å². The molecule has 0 aliphatic carbocycles. The zero-order valence-corrected chi connectivity index (χ0v) is 16.3. The summed E-state index contributed by atoms with van der Waals surface area (Å²) in [6.07, 6.45) is 0.931. The van der Waals surface area contributed by atoms with Crippen LogP contribution in [0.15, 0.2) is 120 Å². The van der Waals surface area contributed by atoms with Crippen LogP contribution in [0.4, 0.5) is 0 Å². The molecule has 0 spiro atoms. The molecule has 0 fully saturated rings. The van der Waals surface area contributed by atoms with Crippen molar-refractivity contribution in [2.45, 2.75) is 11.8 Å². The van der Waals surface area contributed by atoms with Gasteiger partial charge in [-0.15, -0.1) is 0 Å². The molecule has 1 aliphatic heterocycles. The first-order chi connectivity index (χ1) is 14.4. The molecule has 0 radical (unpaired) electrons. The fraction of sp³-hybridized carbons (Fsp3) is 0.107. The molecule has 0 saturated heterocycles. The number of fused-ring (bicyclic) bond motifs is 1. The number of hydrogen-bond donors (Lipinski definition) is 0. The summed E-state index contributed by atoms with van der Waals surface area (Å²) in [6, 6.07) is 41.0. The highest BCUT2D eigenvalue weighted by atomic mass is 14.8. The number of nitrogens with zero attached hydrogens (tertiary/aromatic N) is 1. The third-order valence-corrected chi connectivity index (χ3v) is 5.93. The van der Waals surface area contributed by atoms with Crippen LogP contribution in [0.2, 0.25) is 0 Å². The molecule has 0 amide bonds. The number of benzene rings is 4. The van der Waals surface area contributed by atoms with Gasteiger partial charge >= 0.3 is 0 Å². The summed E-state index contributed by atoms with van der Waals surface area (Å²) in [5.41, 5.74) is 7.38. The molecule has 4 aromatic rings. The highest BCUT2D eigenvalue weighted by Gasteiger charge is 2.39. The van der Waals surface area contributed by atoms with Gasteiger partial charge in [-0.1, -0.05) is 115 Å². The van der Waals surface area contributed by atoms with Crippen LogP contribution in [-0.2, 0) is 11.8 Å². The zero-order valence-electron chi connectivity index (χ0n) is 16.3. The summed E-state index contributed by atoms with van der Waals surface area (Å²) >= 11 is 0. The van der Waals surface area contributed by atoms with E-state index in [0.29, 0.717) is 0 Å². The van der Waals surface area contributed by atoms with Gasteiger partial charge in [0.25, 0.3) is 0 Å². The van der Waals surface area contributed by atoms with Crippen molar-refractivity contribution in [3.63, 3.8) is 0 Å². The summed E-state index contributed by atoms with van der Waals surface area (Å²) in [7, 11) is 0. The summed E-state index contributed by atoms with van der Waals surface area (Å²) < 4.78 is 0. The largest absolute Gasteiger partial charge is 0.283 e. The molecule has 5 rings (SSSR count). The first kappa shape index (κ1) is 17.6. The van der Waals surface area contributed by atoms with Gasteiger partial charge in [-0.3, -0.25) is 4.99 Å². The second-order valence-corrected chi connectivity index (χ2v) is 7.69. The molecule has 1 atom stereocenters. The van der Waals surface area contributed by atoms with E-state index in [1.165, 1.54) is 27.8 Å². The van der Waals surface area contributed by atoms with E-state index in [-0.39, 0.29) is 5.41 Å². The SMILES string of the molecule is c1ccc(CC2(c3ccccc3)CN=C(c3ccccc3)c3ccccc32)cc1. The van der Waals surface area contributed by atoms with Crippen molar-refractivity contribution in [1.29, 1.82) is 0 Å². The normalized spacial score (nSPS) is 18.0. The first-order valence-corrected chi connectivity index (χ1v) is 10.2. The second kappa shape index (κ2) is 7.52. The van der Waals surface area contributed by atoms with E-state index in [1.54, 1.807) is 0 Å². The maximum Gasteiger partial charge on any atom is 0.0722 e. The first-order valence-electron chi connectivity index (χ1n) is 10.2. The van der Waals surface area contributed by atoms with E-state index in [9.17, 15) is 0 Å². The predicted octanol–water partition coefficient (Wildman–Crippen LogP) is 6.07. The molecule has 29 heavy (non-hydrogen) atoms. The van der Waals surface area contributed by atoms with Crippen LogP contribution in [-0.4, -0.2) is 12.3 Å². The smallest absolute Gasteiger partial charge is 0.0722 e. The lowest BCUT2D eigenvalue weighted by Crippen LogP contribution is -2.39. The van der Waals surface area contributed by atoms with Crippen molar-refractivity contribution < 1.29 is 0 Å². The van der Waals surface area contributed by atoms with Crippen LogP contribution < -0.4 is 0 Å². The van der Waals surface area contributed by atoms with Crippen molar-refractivity contribution in [3.05, 3.63) is 143 Å². The zero-order chi connectivity index (χ0) is 19.5. The van der Waals surface area contributed by atoms with Crippen LogP contribution >= 0.6 is 0 Å². The van der Waals surface area contributed by atoms with Gasteiger partial charge in [0.2, 0.25) is 0 Å². The van der Waals surface area contributed by atoms with Crippen LogP contribution in [0.1, 0.15) is 27.8 Å². The van der Waals surface area contributed by atoms with Gasteiger partial charge in [0.1, 0.15) is 0 Å². The topological polar surface area (TPSA) is 12.4 Å². The van der Waals surface area contributed by atoms with E-state index in [2.05, 4.69) is 115 Å². The predicted molar refractivity (Wildman–Crippen MR) is 121 cm³/mol. The maximum atomic E-state index is 5.18. The van der Waals surface area contributed by atoms with E-state index < -0.39 is 0 Å². The van der Waals surface area contributed by atoms with Crippen LogP contribution in [0, 0.1) is 0 Å². The molecule has 0 aromatic heterocycles. The molecule has 0 bridgehead atoms. The Balaban J connectivity index is 1.71. The van der Waals surface area contributed by atoms with Gasteiger partial charge in [0.05, 0.1) is 12.3 Å². The molecular formula is C28H23N. The fourth-order valence-corrected chi connectivity index (χ4v) is 4.54. The van der Waals surface area contributed by atoms with Gasteiger partial charge in [0, 0.05) is 16.5 Å². The van der Waals surface area contributed by atoms with E-state index in [1.807, 2.05) is 0 Å². The minimum absolute atomic E-state index is 0.169. The minimum atomic E-state index is -0.169. The molecule has 0 saturated carbocycles. The lowest BCUT2D eigenvalue weighted by molar-refractivity contribution is 0.516. The van der Waals surface area contributed by atoms with Crippen molar-refractivity contribution in [1.82, 2.24) is 0 Å². The standard InChI is InChI=1S/C28H23N/c1-4-12-22(13-5-1)20-28(24-16-8-3-9-17-24)21-29-27(23-14-6-2-7-15-23)25-18-10-11-19-26(25)28/h1-19H,20-21H2. The number of aliphatic imine (C=N–C) groups is 1. The Hall–Kier alpha value is -3.45. The summed E-state index contributed by atoms with van der Waals surface area (Å²) in [5, 5.41) is 0. The number of hydrogen-bond acceptors (Lipinski definition) is 1. The summed E-state index contributed by atoms with van der Waals surface area (Å²) in [6.45, 7) is 0.743. The molecule has 4 aromatic carbocycles. The summed E-state index contributed by atoms with van der Waals surface area (Å²) in [4.78, 5) is 5.18. The molecule has 140 valence electrons. The molecule has 1 nitrogen and oxygen atoms in total. The Bertz CT molecular complexity index is 1130. The molecule has 0 N–H and O–H groups in total. The van der Waals surface area contributed by atoms with Crippen molar-refractivity contribution in [3.8, 4) is 0 Å². The maximum absolute atomic E-state index is 5.18. The van der Waals surface area contributed by atoms with Gasteiger partial charge < -0.3 is 0 Å². The lowest BCUT2D eigenvalue weighted by atomic mass is 9.67. The Kier molecular flexibility index (Phi) is 4.57. The third-order valence-electron chi connectivity index (χ3n) is 5.93. The van der Waals surface area contributed by atoms with Gasteiger partial charge in [-0.2, -0.15) is 0 Å². The lowest BCUT2D eigenvalue weighted by Gasteiger charge is -2.39. The van der Waals surface area contributed by atoms with Gasteiger partial charge in [0.15, 0.2) is 0 Å². The fourth-order valence-electron chi connectivity index (χ4n) is 4.54. The van der Waals surface area contributed by atoms with E-state index in [4.69, 9.17) is 4.99 Å². The minimum Gasteiger partial charge on any atom is -0.283 e. The third kappa shape index (κ3) is 3.19. The van der Waals surface area contributed by atoms with E-state index in [0.717, 1.165) is 18.7 Å². The van der Waals surface area contributed by atoms with Gasteiger partial charge in [-0.25, -0.2) is 0 Å². The highest BCUT2D eigenvalue weighted by Crippen LogP contribution is 2.41. The average molecular weight is 373 g/mol. The van der Waals surface area contributed by atoms with Gasteiger partial charge in [-0.05, 0) is 23.1 Å². The molecule has 1 heterocycles. The van der Waals surface area contributed by atoms with Crippen molar-refractivity contribution >= 4 is 5.71 Å². The monoisotopic (exact) mass is 373 g/mol. The van der Waals surface area contributed by atoms with Crippen LogP contribution in [0.5, 0.6) is 0 Å². The average Bonchev–Trinajstić information content (AvgIpc) is 2.81.